The van der Waals surface area contributed by atoms with Crippen LogP contribution in [0.25, 0.3) is 0 Å². The maximum Gasteiger partial charge on any atom is 0.261 e. The third kappa shape index (κ3) is 5.92. The van der Waals surface area contributed by atoms with Crippen molar-refractivity contribution in [1.82, 2.24) is 10.6 Å². The summed E-state index contributed by atoms with van der Waals surface area (Å²) in [5, 5.41) is 5.08. The molecule has 0 saturated carbocycles. The molecule has 3 aromatic rings. The molecule has 3 N–H and O–H groups in total. The van der Waals surface area contributed by atoms with E-state index in [1.165, 1.54) is 49.6 Å². The zero-order valence-corrected chi connectivity index (χ0v) is 17.3. The molecule has 8 nitrogen and oxygen atoms in total. The first-order valence-electron chi connectivity index (χ1n) is 9.21. The van der Waals surface area contributed by atoms with Gasteiger partial charge in [-0.1, -0.05) is 0 Å². The molecule has 3 rings (SSSR count). The average molecular weight is 445 g/mol. The molecule has 2 amide bonds. The number of carbonyl (C=O) groups excluding carboxylic acids is 2. The van der Waals surface area contributed by atoms with Gasteiger partial charge in [0.1, 0.15) is 11.6 Å². The summed E-state index contributed by atoms with van der Waals surface area (Å²) in [4.78, 5) is 23.9. The molecule has 0 radical (unpaired) electrons. The molecular weight excluding hydrogens is 425 g/mol. The van der Waals surface area contributed by atoms with Crippen LogP contribution in [0.15, 0.2) is 70.2 Å². The average Bonchev–Trinajstić information content (AvgIpc) is 3.26. The van der Waals surface area contributed by atoms with Gasteiger partial charge < -0.3 is 15.1 Å². The van der Waals surface area contributed by atoms with E-state index in [2.05, 4.69) is 15.4 Å². The topological polar surface area (TPSA) is 118 Å². The number of sulfonamides is 1. The van der Waals surface area contributed by atoms with Crippen molar-refractivity contribution in [3.05, 3.63) is 83.6 Å². The maximum atomic E-state index is 13.4. The van der Waals surface area contributed by atoms with Gasteiger partial charge in [-0.2, -0.15) is 0 Å². The molecule has 10 heteroatoms. The van der Waals surface area contributed by atoms with Crippen LogP contribution in [0.3, 0.4) is 0 Å². The summed E-state index contributed by atoms with van der Waals surface area (Å²) in [6.45, 7) is 1.46. The fraction of sp³-hybridized carbons (Fsp3) is 0.143. The van der Waals surface area contributed by atoms with E-state index in [9.17, 15) is 22.4 Å². The fourth-order valence-corrected chi connectivity index (χ4v) is 3.76. The van der Waals surface area contributed by atoms with Crippen molar-refractivity contribution in [3.63, 3.8) is 0 Å². The Balaban J connectivity index is 1.54. The number of halogens is 1. The van der Waals surface area contributed by atoms with Crippen LogP contribution in [-0.2, 0) is 21.4 Å². The minimum Gasteiger partial charge on any atom is -0.467 e. The van der Waals surface area contributed by atoms with Crippen molar-refractivity contribution in [1.29, 1.82) is 0 Å². The molecule has 0 aliphatic carbocycles. The van der Waals surface area contributed by atoms with Gasteiger partial charge >= 0.3 is 0 Å². The van der Waals surface area contributed by atoms with E-state index in [0.29, 0.717) is 5.76 Å². The molecule has 1 aromatic heterocycles. The molecule has 0 fully saturated rings. The SMILES string of the molecule is Cc1cc(S(=O)(=O)Nc2ccc(C(=O)NCC(=O)NCc3ccco3)cc2)ccc1F. The van der Waals surface area contributed by atoms with Gasteiger partial charge in [0.2, 0.25) is 5.91 Å². The number of amides is 2. The van der Waals surface area contributed by atoms with E-state index < -0.39 is 21.7 Å². The standard InChI is InChI=1S/C21H20FN3O5S/c1-14-11-18(8-9-19(14)22)31(28,29)25-16-6-4-15(5-7-16)21(27)24-13-20(26)23-12-17-3-2-10-30-17/h2-11,25H,12-13H2,1H3,(H,23,26)(H,24,27). The monoisotopic (exact) mass is 445 g/mol. The first-order valence-corrected chi connectivity index (χ1v) is 10.7. The minimum atomic E-state index is -3.91. The molecule has 0 aliphatic rings. The van der Waals surface area contributed by atoms with Crippen molar-refractivity contribution in [2.24, 2.45) is 0 Å². The molecule has 1 heterocycles. The Kier molecular flexibility index (Phi) is 6.71. The number of carbonyl (C=O) groups is 2. The van der Waals surface area contributed by atoms with Crippen molar-refractivity contribution >= 4 is 27.5 Å². The fourth-order valence-electron chi connectivity index (χ4n) is 2.61. The van der Waals surface area contributed by atoms with Crippen molar-refractivity contribution in [3.8, 4) is 0 Å². The number of anilines is 1. The van der Waals surface area contributed by atoms with Gasteiger partial charge in [-0.05, 0) is 67.1 Å². The lowest BCUT2D eigenvalue weighted by molar-refractivity contribution is -0.120. The predicted octanol–water partition coefficient (Wildman–Crippen LogP) is 2.57. The molecule has 0 unspecified atom stereocenters. The van der Waals surface area contributed by atoms with Gasteiger partial charge in [-0.15, -0.1) is 0 Å². The second-order valence-corrected chi connectivity index (χ2v) is 8.32. The van der Waals surface area contributed by atoms with Crippen LogP contribution in [0.5, 0.6) is 0 Å². The number of rotatable bonds is 8. The number of aryl methyl sites for hydroxylation is 1. The first kappa shape index (κ1) is 22.0. The summed E-state index contributed by atoms with van der Waals surface area (Å²) in [6, 6.07) is 12.6. The lowest BCUT2D eigenvalue weighted by Gasteiger charge is -2.10. The van der Waals surface area contributed by atoms with Crippen LogP contribution in [0, 0.1) is 12.7 Å². The Morgan fingerprint density at radius 1 is 1.03 bits per heavy atom. The highest BCUT2D eigenvalue weighted by molar-refractivity contribution is 7.92. The Morgan fingerprint density at radius 2 is 1.77 bits per heavy atom. The highest BCUT2D eigenvalue weighted by Crippen LogP contribution is 2.19. The number of hydrogen-bond donors (Lipinski definition) is 3. The number of furan rings is 1. The summed E-state index contributed by atoms with van der Waals surface area (Å²) in [5.41, 5.74) is 0.692. The molecule has 162 valence electrons. The van der Waals surface area contributed by atoms with Crippen molar-refractivity contribution < 1.29 is 26.8 Å². The highest BCUT2D eigenvalue weighted by Gasteiger charge is 2.16. The van der Waals surface area contributed by atoms with Crippen LogP contribution in [0.1, 0.15) is 21.7 Å². The first-order chi connectivity index (χ1) is 14.7. The zero-order chi connectivity index (χ0) is 22.4. The Hall–Kier alpha value is -3.66. The van der Waals surface area contributed by atoms with Gasteiger partial charge in [0.15, 0.2) is 0 Å². The van der Waals surface area contributed by atoms with E-state index in [-0.39, 0.29) is 40.7 Å². The van der Waals surface area contributed by atoms with E-state index >= 15 is 0 Å². The van der Waals surface area contributed by atoms with Gasteiger partial charge in [0.25, 0.3) is 15.9 Å². The smallest absolute Gasteiger partial charge is 0.261 e. The highest BCUT2D eigenvalue weighted by atomic mass is 32.2. The van der Waals surface area contributed by atoms with Crippen LogP contribution in [-0.4, -0.2) is 26.8 Å². The Bertz CT molecular complexity index is 1180. The van der Waals surface area contributed by atoms with E-state index in [1.54, 1.807) is 12.1 Å². The third-order valence-corrected chi connectivity index (χ3v) is 5.67. The van der Waals surface area contributed by atoms with Gasteiger partial charge in [0, 0.05) is 11.3 Å². The predicted molar refractivity (Wildman–Crippen MR) is 111 cm³/mol. The third-order valence-electron chi connectivity index (χ3n) is 4.29. The van der Waals surface area contributed by atoms with Crippen LogP contribution < -0.4 is 15.4 Å². The van der Waals surface area contributed by atoms with Gasteiger partial charge in [-0.25, -0.2) is 12.8 Å². The second-order valence-electron chi connectivity index (χ2n) is 6.63. The number of nitrogens with one attached hydrogen (secondary N) is 3. The molecule has 0 saturated heterocycles. The van der Waals surface area contributed by atoms with E-state index in [1.807, 2.05) is 0 Å². The van der Waals surface area contributed by atoms with E-state index in [0.717, 1.165) is 6.07 Å². The molecule has 31 heavy (non-hydrogen) atoms. The maximum absolute atomic E-state index is 13.4. The van der Waals surface area contributed by atoms with Crippen molar-refractivity contribution in [2.45, 2.75) is 18.4 Å². The van der Waals surface area contributed by atoms with Crippen LogP contribution >= 0.6 is 0 Å². The normalized spacial score (nSPS) is 11.0. The summed E-state index contributed by atoms with van der Waals surface area (Å²) >= 11 is 0. The second kappa shape index (κ2) is 9.43. The molecule has 2 aromatic carbocycles. The summed E-state index contributed by atoms with van der Waals surface area (Å²) in [6.07, 6.45) is 1.49. The Morgan fingerprint density at radius 3 is 2.42 bits per heavy atom. The largest absolute Gasteiger partial charge is 0.467 e. The van der Waals surface area contributed by atoms with Gasteiger partial charge in [0.05, 0.1) is 24.2 Å². The molecule has 0 atom stereocenters. The van der Waals surface area contributed by atoms with Gasteiger partial charge in [-0.3, -0.25) is 14.3 Å². The minimum absolute atomic E-state index is 0.0752. The summed E-state index contributed by atoms with van der Waals surface area (Å²) in [7, 11) is -3.91. The van der Waals surface area contributed by atoms with Crippen LogP contribution in [0.2, 0.25) is 0 Å². The molecule has 0 spiro atoms. The number of benzene rings is 2. The Labute approximate surface area is 178 Å². The lowest BCUT2D eigenvalue weighted by atomic mass is 10.2. The van der Waals surface area contributed by atoms with E-state index in [4.69, 9.17) is 4.42 Å². The lowest BCUT2D eigenvalue weighted by Crippen LogP contribution is -2.36. The molecular formula is C21H20FN3O5S. The van der Waals surface area contributed by atoms with Crippen molar-refractivity contribution in [2.75, 3.05) is 11.3 Å². The summed E-state index contributed by atoms with van der Waals surface area (Å²) < 4.78 is 45.7. The van der Waals surface area contributed by atoms with Crippen LogP contribution in [0.4, 0.5) is 10.1 Å². The quantitative estimate of drug-likeness (QED) is 0.493. The zero-order valence-electron chi connectivity index (χ0n) is 16.5. The molecule has 0 aliphatic heterocycles. The molecule has 0 bridgehead atoms. The summed E-state index contributed by atoms with van der Waals surface area (Å²) in [5.74, 6) is -0.780. The number of hydrogen-bond acceptors (Lipinski definition) is 5.